The molecule has 33 heavy (non-hydrogen) atoms. The minimum absolute atomic E-state index is 0. The van der Waals surface area contributed by atoms with Gasteiger partial charge in [0.1, 0.15) is 11.6 Å². The third-order valence-electron chi connectivity index (χ3n) is 5.48. The lowest BCUT2D eigenvalue weighted by Gasteiger charge is -2.35. The van der Waals surface area contributed by atoms with Crippen molar-refractivity contribution in [3.63, 3.8) is 0 Å². The van der Waals surface area contributed by atoms with Crippen molar-refractivity contribution in [2.45, 2.75) is 19.5 Å². The number of nitrogens with zero attached hydrogens (tertiary/aromatic N) is 4. The third-order valence-corrected chi connectivity index (χ3v) is 5.48. The summed E-state index contributed by atoms with van der Waals surface area (Å²) in [6.07, 6.45) is 1.83. The Labute approximate surface area is 214 Å². The molecule has 1 unspecified atom stereocenters. The number of guanidine groups is 1. The van der Waals surface area contributed by atoms with Gasteiger partial charge in [-0.2, -0.15) is 0 Å². The molecule has 3 rings (SSSR count). The van der Waals surface area contributed by atoms with Gasteiger partial charge >= 0.3 is 0 Å². The van der Waals surface area contributed by atoms with E-state index in [0.29, 0.717) is 6.54 Å². The Morgan fingerprint density at radius 1 is 1.18 bits per heavy atom. The first-order valence-electron chi connectivity index (χ1n) is 11.2. The van der Waals surface area contributed by atoms with E-state index in [1.165, 1.54) is 5.56 Å². The zero-order valence-corrected chi connectivity index (χ0v) is 22.4. The molecule has 1 fully saturated rings. The summed E-state index contributed by atoms with van der Waals surface area (Å²) in [4.78, 5) is 13.7. The quantitative estimate of drug-likeness (QED) is 0.274. The van der Waals surface area contributed by atoms with Crippen LogP contribution in [0.25, 0.3) is 0 Å². The topological polar surface area (TPSA) is 74.2 Å². The molecule has 9 heteroatoms. The van der Waals surface area contributed by atoms with Gasteiger partial charge in [-0.05, 0) is 42.3 Å². The van der Waals surface area contributed by atoms with Crippen LogP contribution in [-0.4, -0.2) is 76.4 Å². The van der Waals surface area contributed by atoms with Gasteiger partial charge in [-0.1, -0.05) is 12.1 Å². The van der Waals surface area contributed by atoms with Gasteiger partial charge in [0.15, 0.2) is 5.96 Å². The summed E-state index contributed by atoms with van der Waals surface area (Å²) in [6, 6.07) is 12.6. The van der Waals surface area contributed by atoms with Crippen LogP contribution in [0.3, 0.4) is 0 Å². The zero-order valence-electron chi connectivity index (χ0n) is 20.1. The lowest BCUT2D eigenvalue weighted by molar-refractivity contribution is 0.0170. The van der Waals surface area contributed by atoms with Crippen molar-refractivity contribution in [3.8, 4) is 5.75 Å². The zero-order chi connectivity index (χ0) is 22.8. The van der Waals surface area contributed by atoms with E-state index in [4.69, 9.17) is 14.5 Å². The molecule has 1 aliphatic heterocycles. The molecule has 0 saturated carbocycles. The van der Waals surface area contributed by atoms with E-state index in [1.54, 1.807) is 7.11 Å². The molecule has 0 aliphatic carbocycles. The highest BCUT2D eigenvalue weighted by Crippen LogP contribution is 2.23. The molecule has 0 spiro atoms. The highest BCUT2D eigenvalue weighted by molar-refractivity contribution is 14.0. The summed E-state index contributed by atoms with van der Waals surface area (Å²) in [6.45, 7) is 7.56. The summed E-state index contributed by atoms with van der Waals surface area (Å²) >= 11 is 0. The van der Waals surface area contributed by atoms with Crippen LogP contribution in [0, 0.1) is 0 Å². The number of morpholine rings is 1. The largest absolute Gasteiger partial charge is 0.497 e. The van der Waals surface area contributed by atoms with E-state index < -0.39 is 0 Å². The first-order valence-corrected chi connectivity index (χ1v) is 11.2. The maximum Gasteiger partial charge on any atom is 0.191 e. The van der Waals surface area contributed by atoms with Crippen LogP contribution in [0.1, 0.15) is 24.1 Å². The molecule has 1 atom stereocenters. The lowest BCUT2D eigenvalue weighted by atomic mass is 10.0. The molecule has 1 aliphatic rings. The number of nitrogens with one attached hydrogen (secondary N) is 2. The van der Waals surface area contributed by atoms with Crippen LogP contribution < -0.4 is 20.3 Å². The number of aliphatic imine (C=N–C) groups is 1. The number of rotatable bonds is 9. The summed E-state index contributed by atoms with van der Waals surface area (Å²) in [5.74, 6) is 2.61. The fraction of sp³-hybridized carbons (Fsp3) is 0.500. The highest BCUT2D eigenvalue weighted by Gasteiger charge is 2.23. The number of hydrogen-bond acceptors (Lipinski definition) is 6. The van der Waals surface area contributed by atoms with Gasteiger partial charge in [0.2, 0.25) is 0 Å². The molecule has 1 aromatic carbocycles. The second-order valence-corrected chi connectivity index (χ2v) is 7.93. The molecule has 1 aromatic heterocycles. The number of halogens is 1. The summed E-state index contributed by atoms with van der Waals surface area (Å²) in [5.41, 5.74) is 2.38. The highest BCUT2D eigenvalue weighted by atomic mass is 127. The lowest BCUT2D eigenvalue weighted by Crippen LogP contribution is -2.46. The number of pyridine rings is 1. The van der Waals surface area contributed by atoms with Gasteiger partial charge in [0.05, 0.1) is 32.9 Å². The first-order chi connectivity index (χ1) is 15.6. The average Bonchev–Trinajstić information content (AvgIpc) is 2.83. The molecular weight excluding hydrogens is 531 g/mol. The standard InChI is InChI=1S/C24H36N6O2.HI/c1-5-25-24(27-17-19-10-11-26-23(16-19)29(2)3)28-18-22(30-12-14-32-15-13-30)20-6-8-21(31-4)9-7-20;/h6-11,16,22H,5,12-15,17-18H2,1-4H3,(H2,25,27,28);1H. The van der Waals surface area contributed by atoms with E-state index in [0.717, 1.165) is 62.5 Å². The maximum atomic E-state index is 5.57. The Morgan fingerprint density at radius 2 is 1.91 bits per heavy atom. The Hall–Kier alpha value is -2.11. The Morgan fingerprint density at radius 3 is 2.55 bits per heavy atom. The monoisotopic (exact) mass is 568 g/mol. The smallest absolute Gasteiger partial charge is 0.191 e. The fourth-order valence-electron chi connectivity index (χ4n) is 3.68. The van der Waals surface area contributed by atoms with Gasteiger partial charge in [0, 0.05) is 46.5 Å². The second-order valence-electron chi connectivity index (χ2n) is 7.93. The average molecular weight is 569 g/mol. The summed E-state index contributed by atoms with van der Waals surface area (Å²) in [7, 11) is 5.68. The molecule has 0 bridgehead atoms. The van der Waals surface area contributed by atoms with Crippen LogP contribution in [0.15, 0.2) is 47.6 Å². The van der Waals surface area contributed by atoms with Gasteiger partial charge in [-0.25, -0.2) is 9.98 Å². The van der Waals surface area contributed by atoms with Gasteiger partial charge in [-0.3, -0.25) is 4.90 Å². The van der Waals surface area contributed by atoms with Crippen molar-refractivity contribution >= 4 is 35.8 Å². The number of anilines is 1. The van der Waals surface area contributed by atoms with Crippen molar-refractivity contribution < 1.29 is 9.47 Å². The summed E-state index contributed by atoms with van der Waals surface area (Å²) < 4.78 is 10.9. The fourth-order valence-corrected chi connectivity index (χ4v) is 3.68. The van der Waals surface area contributed by atoms with E-state index in [2.05, 4.69) is 45.6 Å². The van der Waals surface area contributed by atoms with Gasteiger partial charge in [0.25, 0.3) is 0 Å². The Kier molecular flexibility index (Phi) is 11.7. The number of benzene rings is 1. The van der Waals surface area contributed by atoms with Crippen molar-refractivity contribution in [1.82, 2.24) is 20.5 Å². The van der Waals surface area contributed by atoms with Crippen LogP contribution in [0.4, 0.5) is 5.82 Å². The van der Waals surface area contributed by atoms with Crippen LogP contribution in [-0.2, 0) is 11.3 Å². The number of ether oxygens (including phenoxy) is 2. The minimum atomic E-state index is 0. The molecule has 8 nitrogen and oxygen atoms in total. The molecule has 1 saturated heterocycles. The molecule has 2 aromatic rings. The minimum Gasteiger partial charge on any atom is -0.497 e. The third kappa shape index (κ3) is 8.31. The molecule has 2 N–H and O–H groups in total. The van der Waals surface area contributed by atoms with E-state index >= 15 is 0 Å². The van der Waals surface area contributed by atoms with Crippen LogP contribution in [0.2, 0.25) is 0 Å². The van der Waals surface area contributed by atoms with Gasteiger partial charge in [-0.15, -0.1) is 24.0 Å². The van der Waals surface area contributed by atoms with Crippen molar-refractivity contribution in [2.24, 2.45) is 4.99 Å². The molecule has 0 radical (unpaired) electrons. The molecular formula is C24H37IN6O2. The SMILES string of the molecule is CCNC(=NCc1ccnc(N(C)C)c1)NCC(c1ccc(OC)cc1)N1CCOCC1.I. The molecule has 2 heterocycles. The Balaban J connectivity index is 0.00000385. The number of aromatic nitrogens is 1. The van der Waals surface area contributed by atoms with Gasteiger partial charge < -0.3 is 25.0 Å². The van der Waals surface area contributed by atoms with Crippen molar-refractivity contribution in [3.05, 3.63) is 53.7 Å². The maximum absolute atomic E-state index is 5.57. The van der Waals surface area contributed by atoms with E-state index in [9.17, 15) is 0 Å². The first kappa shape index (κ1) is 27.1. The van der Waals surface area contributed by atoms with Crippen molar-refractivity contribution in [2.75, 3.05) is 65.5 Å². The molecule has 182 valence electrons. The molecule has 0 amide bonds. The van der Waals surface area contributed by atoms with Crippen molar-refractivity contribution in [1.29, 1.82) is 0 Å². The predicted octanol–water partition coefficient (Wildman–Crippen LogP) is 2.90. The van der Waals surface area contributed by atoms with E-state index in [1.807, 2.05) is 43.4 Å². The normalized spacial score (nSPS) is 15.3. The number of hydrogen-bond donors (Lipinski definition) is 2. The number of methoxy groups -OCH3 is 1. The van der Waals surface area contributed by atoms with Crippen LogP contribution in [0.5, 0.6) is 5.75 Å². The summed E-state index contributed by atoms with van der Waals surface area (Å²) in [5, 5.41) is 6.92. The second kappa shape index (κ2) is 14.2. The Bertz CT molecular complexity index is 856. The van der Waals surface area contributed by atoms with E-state index in [-0.39, 0.29) is 30.0 Å². The van der Waals surface area contributed by atoms with Crippen LogP contribution >= 0.6 is 24.0 Å². The predicted molar refractivity (Wildman–Crippen MR) is 145 cm³/mol.